The van der Waals surface area contributed by atoms with Gasteiger partial charge in [0.1, 0.15) is 0 Å². The molecule has 1 aliphatic rings. The summed E-state index contributed by atoms with van der Waals surface area (Å²) < 4.78 is 16.3. The number of thiocarbonyl (C=S) groups is 1. The number of rotatable bonds is 9. The smallest absolute Gasteiger partial charge is 0.253 e. The third-order valence-electron chi connectivity index (χ3n) is 5.10. The predicted molar refractivity (Wildman–Crippen MR) is 126 cm³/mol. The van der Waals surface area contributed by atoms with Gasteiger partial charge in [-0.2, -0.15) is 0 Å². The third-order valence-corrected chi connectivity index (χ3v) is 5.51. The van der Waals surface area contributed by atoms with Gasteiger partial charge in [0.05, 0.1) is 12.1 Å². The third kappa shape index (κ3) is 5.35. The zero-order valence-corrected chi connectivity index (χ0v) is 18.7. The van der Waals surface area contributed by atoms with Gasteiger partial charge in [0.25, 0.3) is 5.56 Å². The molecule has 9 heteroatoms. The molecule has 0 unspecified atom stereocenters. The van der Waals surface area contributed by atoms with Crippen molar-refractivity contribution in [2.24, 2.45) is 0 Å². The van der Waals surface area contributed by atoms with Crippen LogP contribution in [0.1, 0.15) is 24.5 Å². The second-order valence-corrected chi connectivity index (χ2v) is 7.80. The number of fused-ring (bicyclic) bond motifs is 2. The average molecular weight is 455 g/mol. The van der Waals surface area contributed by atoms with Crippen molar-refractivity contribution >= 4 is 28.2 Å². The molecule has 1 aromatic carbocycles. The van der Waals surface area contributed by atoms with Gasteiger partial charge in [-0.3, -0.25) is 9.78 Å². The van der Waals surface area contributed by atoms with Crippen molar-refractivity contribution in [2.45, 2.75) is 26.4 Å². The van der Waals surface area contributed by atoms with E-state index in [0.29, 0.717) is 60.5 Å². The van der Waals surface area contributed by atoms with Crippen LogP contribution in [-0.2, 0) is 17.8 Å². The molecule has 0 aliphatic carbocycles. The van der Waals surface area contributed by atoms with E-state index in [2.05, 4.69) is 15.3 Å². The largest absolute Gasteiger partial charge is 0.454 e. The molecule has 168 valence electrons. The quantitative estimate of drug-likeness (QED) is 0.377. The molecule has 2 aromatic heterocycles. The number of H-pyrrole nitrogens is 1. The summed E-state index contributed by atoms with van der Waals surface area (Å²) in [5, 5.41) is 4.74. The molecule has 32 heavy (non-hydrogen) atoms. The van der Waals surface area contributed by atoms with Gasteiger partial charge < -0.3 is 29.4 Å². The second kappa shape index (κ2) is 10.4. The molecular weight excluding hydrogens is 428 g/mol. The predicted octanol–water partition coefficient (Wildman–Crippen LogP) is 2.96. The van der Waals surface area contributed by atoms with Crippen LogP contribution in [0.25, 0.3) is 10.9 Å². The van der Waals surface area contributed by atoms with Gasteiger partial charge in [0, 0.05) is 55.7 Å². The highest BCUT2D eigenvalue weighted by molar-refractivity contribution is 7.80. The Labute approximate surface area is 191 Å². The van der Waals surface area contributed by atoms with Crippen LogP contribution in [0.5, 0.6) is 11.5 Å². The van der Waals surface area contributed by atoms with Crippen molar-refractivity contribution in [2.75, 3.05) is 26.6 Å². The zero-order valence-electron chi connectivity index (χ0n) is 17.9. The Kier molecular flexibility index (Phi) is 7.18. The molecule has 0 saturated carbocycles. The van der Waals surface area contributed by atoms with Gasteiger partial charge in [-0.15, -0.1) is 0 Å². The van der Waals surface area contributed by atoms with Crippen LogP contribution in [0.15, 0.2) is 47.5 Å². The first kappa shape index (κ1) is 22.0. The summed E-state index contributed by atoms with van der Waals surface area (Å²) in [7, 11) is 0. The number of benzene rings is 1. The van der Waals surface area contributed by atoms with E-state index in [-0.39, 0.29) is 12.4 Å². The number of aromatic nitrogens is 2. The number of nitrogens with zero attached hydrogens (tertiary/aromatic N) is 2. The fraction of sp³-hybridized carbons (Fsp3) is 0.348. The molecule has 0 amide bonds. The zero-order chi connectivity index (χ0) is 22.3. The van der Waals surface area contributed by atoms with Crippen molar-refractivity contribution < 1.29 is 14.2 Å². The van der Waals surface area contributed by atoms with Crippen molar-refractivity contribution in [3.05, 3.63) is 64.2 Å². The highest BCUT2D eigenvalue weighted by atomic mass is 32.1. The van der Waals surface area contributed by atoms with E-state index in [4.69, 9.17) is 26.4 Å². The van der Waals surface area contributed by atoms with Crippen molar-refractivity contribution in [1.82, 2.24) is 20.2 Å². The molecular formula is C23H26N4O4S. The van der Waals surface area contributed by atoms with Gasteiger partial charge in [0.15, 0.2) is 16.6 Å². The van der Waals surface area contributed by atoms with E-state index in [1.807, 2.05) is 36.1 Å². The van der Waals surface area contributed by atoms with E-state index in [1.54, 1.807) is 18.5 Å². The van der Waals surface area contributed by atoms with Crippen LogP contribution in [0.2, 0.25) is 0 Å². The van der Waals surface area contributed by atoms with Crippen LogP contribution < -0.4 is 20.3 Å². The highest BCUT2D eigenvalue weighted by Gasteiger charge is 2.17. The Bertz CT molecular complexity index is 1140. The van der Waals surface area contributed by atoms with Crippen molar-refractivity contribution in [3.63, 3.8) is 0 Å². The van der Waals surface area contributed by atoms with Gasteiger partial charge in [-0.1, -0.05) is 6.07 Å². The van der Waals surface area contributed by atoms with Crippen molar-refractivity contribution in [1.29, 1.82) is 0 Å². The van der Waals surface area contributed by atoms with Crippen LogP contribution in [0.3, 0.4) is 0 Å². The maximum atomic E-state index is 12.8. The SMILES string of the molecule is CCOCCCNC(=S)N(Cc1cccnc1)Cc1cc2cc3c(cc2[nH]c1=O)OCO3. The van der Waals surface area contributed by atoms with Crippen LogP contribution >= 0.6 is 12.2 Å². The van der Waals surface area contributed by atoms with Gasteiger partial charge >= 0.3 is 0 Å². The number of nitrogens with one attached hydrogen (secondary N) is 2. The Morgan fingerprint density at radius 3 is 2.91 bits per heavy atom. The monoisotopic (exact) mass is 454 g/mol. The van der Waals surface area contributed by atoms with E-state index >= 15 is 0 Å². The summed E-state index contributed by atoms with van der Waals surface area (Å²) in [6.45, 7) is 5.11. The summed E-state index contributed by atoms with van der Waals surface area (Å²) in [5.74, 6) is 1.31. The Balaban J connectivity index is 1.54. The lowest BCUT2D eigenvalue weighted by molar-refractivity contribution is 0.145. The topological polar surface area (TPSA) is 88.7 Å². The number of hydrogen-bond donors (Lipinski definition) is 2. The minimum Gasteiger partial charge on any atom is -0.454 e. The molecule has 2 N–H and O–H groups in total. The summed E-state index contributed by atoms with van der Waals surface area (Å²) in [6, 6.07) is 9.43. The number of ether oxygens (including phenoxy) is 3. The van der Waals surface area contributed by atoms with Crippen LogP contribution in [0.4, 0.5) is 0 Å². The molecule has 3 heterocycles. The normalized spacial score (nSPS) is 12.2. The number of pyridine rings is 2. The maximum absolute atomic E-state index is 12.8. The van der Waals surface area contributed by atoms with E-state index < -0.39 is 0 Å². The molecule has 0 bridgehead atoms. The van der Waals surface area contributed by atoms with Crippen LogP contribution in [-0.4, -0.2) is 46.5 Å². The molecule has 0 atom stereocenters. The van der Waals surface area contributed by atoms with Gasteiger partial charge in [-0.25, -0.2) is 0 Å². The second-order valence-electron chi connectivity index (χ2n) is 7.42. The lowest BCUT2D eigenvalue weighted by atomic mass is 10.1. The molecule has 0 radical (unpaired) electrons. The molecule has 0 fully saturated rings. The fourth-order valence-corrected chi connectivity index (χ4v) is 3.73. The first-order valence-electron chi connectivity index (χ1n) is 10.6. The Hall–Kier alpha value is -3.17. The molecule has 1 aliphatic heterocycles. The van der Waals surface area contributed by atoms with Gasteiger partial charge in [0.2, 0.25) is 6.79 Å². The summed E-state index contributed by atoms with van der Waals surface area (Å²) in [5.41, 5.74) is 2.16. The summed E-state index contributed by atoms with van der Waals surface area (Å²) in [4.78, 5) is 21.9. The summed E-state index contributed by atoms with van der Waals surface area (Å²) >= 11 is 5.66. The van der Waals surface area contributed by atoms with Crippen molar-refractivity contribution in [3.8, 4) is 11.5 Å². The molecule has 0 saturated heterocycles. The minimum atomic E-state index is -0.160. The Morgan fingerprint density at radius 1 is 1.28 bits per heavy atom. The first-order valence-corrected chi connectivity index (χ1v) is 11.0. The standard InChI is InChI=1S/C23H26N4O4S/c1-2-29-8-4-7-25-23(32)27(13-16-5-3-6-24-12-16)14-18-9-17-10-20-21(31-15-30-20)11-19(17)26-22(18)28/h3,5-6,9-12H,2,4,7-8,13-15H2,1H3,(H,25,32)(H,26,28). The summed E-state index contributed by atoms with van der Waals surface area (Å²) in [6.07, 6.45) is 4.38. The van der Waals surface area contributed by atoms with E-state index in [0.717, 1.165) is 17.4 Å². The first-order chi connectivity index (χ1) is 15.6. The van der Waals surface area contributed by atoms with E-state index in [1.165, 1.54) is 0 Å². The highest BCUT2D eigenvalue weighted by Crippen LogP contribution is 2.35. The average Bonchev–Trinajstić information content (AvgIpc) is 3.25. The maximum Gasteiger partial charge on any atom is 0.253 e. The van der Waals surface area contributed by atoms with Gasteiger partial charge in [-0.05, 0) is 49.3 Å². The lowest BCUT2D eigenvalue weighted by Crippen LogP contribution is -2.40. The number of hydrogen-bond acceptors (Lipinski definition) is 6. The molecule has 0 spiro atoms. The molecule has 8 nitrogen and oxygen atoms in total. The van der Waals surface area contributed by atoms with Crippen LogP contribution in [0, 0.1) is 0 Å². The fourth-order valence-electron chi connectivity index (χ4n) is 3.50. The minimum absolute atomic E-state index is 0.160. The number of aromatic amines is 1. The lowest BCUT2D eigenvalue weighted by Gasteiger charge is -2.26. The van der Waals surface area contributed by atoms with E-state index in [9.17, 15) is 4.79 Å². The molecule has 3 aromatic rings. The molecule has 4 rings (SSSR count). The Morgan fingerprint density at radius 2 is 2.12 bits per heavy atom.